The Morgan fingerprint density at radius 3 is 2.55 bits per heavy atom. The van der Waals surface area contributed by atoms with Crippen LogP contribution in [-0.2, 0) is 23.8 Å². The summed E-state index contributed by atoms with van der Waals surface area (Å²) in [6.45, 7) is 3.55. The van der Waals surface area contributed by atoms with Gasteiger partial charge >= 0.3 is 6.18 Å². The minimum Gasteiger partial charge on any atom is -0.356 e. The number of benzene rings is 1. The lowest BCUT2D eigenvalue weighted by atomic mass is 10.1. The van der Waals surface area contributed by atoms with Gasteiger partial charge in [0, 0.05) is 24.4 Å². The molecule has 0 unspecified atom stereocenters. The van der Waals surface area contributed by atoms with Crippen LogP contribution >= 0.6 is 0 Å². The first kappa shape index (κ1) is 20.7. The zero-order valence-corrected chi connectivity index (χ0v) is 15.8. The van der Waals surface area contributed by atoms with Crippen LogP contribution in [0, 0.1) is 19.7 Å². The van der Waals surface area contributed by atoms with Crippen molar-refractivity contribution < 1.29 is 22.4 Å². The van der Waals surface area contributed by atoms with Crippen LogP contribution in [0.2, 0.25) is 0 Å². The van der Waals surface area contributed by atoms with Crippen molar-refractivity contribution in [2.75, 3.05) is 6.54 Å². The molecule has 0 aliphatic heterocycles. The number of hydrogen-bond acceptors (Lipinski definition) is 4. The van der Waals surface area contributed by atoms with Gasteiger partial charge in [-0.2, -0.15) is 18.2 Å². The maximum Gasteiger partial charge on any atom is 0.453 e. The van der Waals surface area contributed by atoms with Crippen LogP contribution in [0.15, 0.2) is 24.3 Å². The topological polar surface area (TPSA) is 72.2 Å². The van der Waals surface area contributed by atoms with Crippen LogP contribution in [0.25, 0.3) is 5.78 Å². The molecule has 0 saturated carbocycles. The molecular formula is C19H19F4N5O. The largest absolute Gasteiger partial charge is 0.453 e. The van der Waals surface area contributed by atoms with E-state index in [1.165, 1.54) is 6.07 Å². The predicted octanol–water partition coefficient (Wildman–Crippen LogP) is 3.19. The lowest BCUT2D eigenvalue weighted by molar-refractivity contribution is -0.144. The summed E-state index contributed by atoms with van der Waals surface area (Å²) >= 11 is 0. The zero-order chi connectivity index (χ0) is 21.2. The van der Waals surface area contributed by atoms with Crippen molar-refractivity contribution in [2.45, 2.75) is 39.3 Å². The fourth-order valence-electron chi connectivity index (χ4n) is 3.05. The summed E-state index contributed by atoms with van der Waals surface area (Å²) in [4.78, 5) is 19.6. The Bertz CT molecular complexity index is 1040. The molecule has 0 radical (unpaired) electrons. The summed E-state index contributed by atoms with van der Waals surface area (Å²) in [7, 11) is 0. The quantitative estimate of drug-likeness (QED) is 0.635. The number of nitrogens with one attached hydrogen (secondary N) is 1. The molecular weight excluding hydrogens is 390 g/mol. The van der Waals surface area contributed by atoms with Gasteiger partial charge in [-0.05, 0) is 43.9 Å². The third-order valence-electron chi connectivity index (χ3n) is 4.58. The fourth-order valence-corrected chi connectivity index (χ4v) is 3.05. The number of carbonyl (C=O) groups excluding carboxylic acids is 1. The van der Waals surface area contributed by atoms with E-state index in [4.69, 9.17) is 0 Å². The highest BCUT2D eigenvalue weighted by atomic mass is 19.4. The highest BCUT2D eigenvalue weighted by molar-refractivity contribution is 5.76. The summed E-state index contributed by atoms with van der Waals surface area (Å²) in [6, 6.07) is 6.34. The number of aryl methyl sites for hydroxylation is 2. The van der Waals surface area contributed by atoms with E-state index in [9.17, 15) is 22.4 Å². The molecule has 1 amide bonds. The first-order chi connectivity index (χ1) is 13.7. The first-order valence-electron chi connectivity index (χ1n) is 8.97. The molecule has 0 bridgehead atoms. The molecule has 29 heavy (non-hydrogen) atoms. The Morgan fingerprint density at radius 1 is 1.14 bits per heavy atom. The highest BCUT2D eigenvalue weighted by Crippen LogP contribution is 2.27. The Labute approximate surface area is 164 Å². The van der Waals surface area contributed by atoms with Gasteiger partial charge in [-0.25, -0.2) is 13.9 Å². The second kappa shape index (κ2) is 8.14. The molecule has 1 N–H and O–H groups in total. The van der Waals surface area contributed by atoms with Crippen LogP contribution in [0.1, 0.15) is 34.8 Å². The van der Waals surface area contributed by atoms with Gasteiger partial charge in [-0.15, -0.1) is 5.10 Å². The Hall–Kier alpha value is -3.04. The van der Waals surface area contributed by atoms with Gasteiger partial charge in [0.15, 0.2) is 0 Å². The highest BCUT2D eigenvalue weighted by Gasteiger charge is 2.36. The normalized spacial score (nSPS) is 11.8. The van der Waals surface area contributed by atoms with Gasteiger partial charge in [0.1, 0.15) is 5.82 Å². The number of alkyl halides is 3. The van der Waals surface area contributed by atoms with Crippen LogP contribution in [0.4, 0.5) is 17.6 Å². The molecule has 2 aromatic heterocycles. The Balaban J connectivity index is 1.64. The van der Waals surface area contributed by atoms with E-state index in [2.05, 4.69) is 20.4 Å². The fraction of sp³-hybridized carbons (Fsp3) is 0.368. The van der Waals surface area contributed by atoms with Crippen molar-refractivity contribution in [3.8, 4) is 0 Å². The molecule has 154 valence electrons. The molecule has 1 aromatic carbocycles. The second-order valence-electron chi connectivity index (χ2n) is 6.60. The third kappa shape index (κ3) is 4.69. The van der Waals surface area contributed by atoms with E-state index in [1.54, 1.807) is 32.0 Å². The van der Waals surface area contributed by atoms with Gasteiger partial charge in [-0.1, -0.05) is 18.2 Å². The van der Waals surface area contributed by atoms with Crippen molar-refractivity contribution in [3.63, 3.8) is 0 Å². The number of aromatic nitrogens is 4. The van der Waals surface area contributed by atoms with Crippen molar-refractivity contribution in [1.82, 2.24) is 24.9 Å². The third-order valence-corrected chi connectivity index (χ3v) is 4.58. The van der Waals surface area contributed by atoms with Crippen LogP contribution in [0.5, 0.6) is 0 Å². The van der Waals surface area contributed by atoms with E-state index in [-0.39, 0.29) is 36.9 Å². The predicted molar refractivity (Wildman–Crippen MR) is 96.7 cm³/mol. The van der Waals surface area contributed by atoms with Crippen LogP contribution in [0.3, 0.4) is 0 Å². The smallest absolute Gasteiger partial charge is 0.356 e. The summed E-state index contributed by atoms with van der Waals surface area (Å²) in [5.41, 5.74) is 2.10. The molecule has 0 aliphatic carbocycles. The summed E-state index contributed by atoms with van der Waals surface area (Å²) in [6.07, 6.45) is -3.89. The molecule has 0 spiro atoms. The Kier molecular flexibility index (Phi) is 5.81. The standard InChI is InChI=1S/C19H19F4N5O/c1-11-14(12(2)28-18(25-11)26-17(27-28)19(21,22)23)7-8-16(29)24-10-9-13-5-3-4-6-15(13)20/h3-6H,7-10H2,1-2H3,(H,24,29). The van der Waals surface area contributed by atoms with Crippen molar-refractivity contribution in [3.05, 3.63) is 58.4 Å². The van der Waals surface area contributed by atoms with Crippen LogP contribution in [-0.4, -0.2) is 32.0 Å². The lowest BCUT2D eigenvalue weighted by Crippen LogP contribution is -2.26. The van der Waals surface area contributed by atoms with Crippen molar-refractivity contribution in [2.24, 2.45) is 0 Å². The molecule has 2 heterocycles. The zero-order valence-electron chi connectivity index (χ0n) is 15.8. The number of carbonyl (C=O) groups is 1. The second-order valence-corrected chi connectivity index (χ2v) is 6.60. The van der Waals surface area contributed by atoms with Gasteiger partial charge in [0.05, 0.1) is 0 Å². The summed E-state index contributed by atoms with van der Waals surface area (Å²) in [5, 5.41) is 6.20. The average molecular weight is 409 g/mol. The van der Waals surface area contributed by atoms with E-state index < -0.39 is 12.0 Å². The number of rotatable bonds is 6. The lowest BCUT2D eigenvalue weighted by Gasteiger charge is -2.10. The number of nitrogens with zero attached hydrogens (tertiary/aromatic N) is 4. The van der Waals surface area contributed by atoms with Gasteiger partial charge in [0.25, 0.3) is 11.6 Å². The summed E-state index contributed by atoms with van der Waals surface area (Å²) in [5.74, 6) is -1.95. The maximum atomic E-state index is 13.6. The van der Waals surface area contributed by atoms with Gasteiger partial charge < -0.3 is 5.32 Å². The summed E-state index contributed by atoms with van der Waals surface area (Å²) < 4.78 is 53.1. The van der Waals surface area contributed by atoms with Gasteiger partial charge in [0.2, 0.25) is 5.91 Å². The Morgan fingerprint density at radius 2 is 1.86 bits per heavy atom. The number of hydrogen-bond donors (Lipinski definition) is 1. The molecule has 0 atom stereocenters. The number of halogens is 4. The average Bonchev–Trinajstić information content (AvgIpc) is 3.08. The van der Waals surface area contributed by atoms with Crippen molar-refractivity contribution in [1.29, 1.82) is 0 Å². The minimum atomic E-state index is -4.66. The molecule has 0 fully saturated rings. The van der Waals surface area contributed by atoms with E-state index in [1.807, 2.05) is 0 Å². The van der Waals surface area contributed by atoms with Gasteiger partial charge in [-0.3, -0.25) is 4.79 Å². The first-order valence-corrected chi connectivity index (χ1v) is 8.97. The molecule has 0 aliphatic rings. The number of amides is 1. The maximum absolute atomic E-state index is 13.6. The minimum absolute atomic E-state index is 0.118. The van der Waals surface area contributed by atoms with Crippen LogP contribution < -0.4 is 5.32 Å². The molecule has 10 heteroatoms. The monoisotopic (exact) mass is 409 g/mol. The molecule has 0 saturated heterocycles. The molecule has 3 rings (SSSR count). The van der Waals surface area contributed by atoms with E-state index in [0.29, 0.717) is 28.9 Å². The molecule has 6 nitrogen and oxygen atoms in total. The van der Waals surface area contributed by atoms with Crippen molar-refractivity contribution >= 4 is 11.7 Å². The van der Waals surface area contributed by atoms with E-state index in [0.717, 1.165) is 4.52 Å². The number of fused-ring (bicyclic) bond motifs is 1. The molecule has 3 aromatic rings. The van der Waals surface area contributed by atoms with E-state index >= 15 is 0 Å². The SMILES string of the molecule is Cc1nc2nc(C(F)(F)F)nn2c(C)c1CCC(=O)NCCc1ccccc1F.